The Morgan fingerprint density at radius 2 is 1.81 bits per heavy atom. The lowest BCUT2D eigenvalue weighted by Gasteiger charge is -2.43. The highest BCUT2D eigenvalue weighted by Crippen LogP contribution is 2.41. The van der Waals surface area contributed by atoms with Crippen molar-refractivity contribution in [2.24, 2.45) is 11.3 Å². The topological polar surface area (TPSA) is 23.5 Å². The molecule has 1 saturated heterocycles. The van der Waals surface area contributed by atoms with Crippen LogP contribution < -0.4 is 0 Å². The molecule has 1 unspecified atom stereocenters. The van der Waals surface area contributed by atoms with Gasteiger partial charge < -0.3 is 5.11 Å². The van der Waals surface area contributed by atoms with Gasteiger partial charge in [0, 0.05) is 6.04 Å². The molecule has 1 fully saturated rings. The van der Waals surface area contributed by atoms with E-state index >= 15 is 0 Å². The van der Waals surface area contributed by atoms with Crippen LogP contribution in [0.5, 0.6) is 5.75 Å². The largest absolute Gasteiger partial charge is 0.508 e. The molecule has 1 N–H and O–H groups in total. The molecule has 1 aromatic rings. The van der Waals surface area contributed by atoms with Gasteiger partial charge in [-0.1, -0.05) is 32.9 Å². The third-order valence-corrected chi connectivity index (χ3v) is 5.65. The second kappa shape index (κ2) is 5.64. The molecule has 2 aliphatic rings. The fourth-order valence-corrected chi connectivity index (χ4v) is 4.26. The van der Waals surface area contributed by atoms with E-state index < -0.39 is 0 Å². The second-order valence-electron chi connectivity index (χ2n) is 7.93. The van der Waals surface area contributed by atoms with Crippen LogP contribution in [0.25, 0.3) is 0 Å². The molecule has 0 bridgehead atoms. The van der Waals surface area contributed by atoms with Crippen LogP contribution in [0.4, 0.5) is 0 Å². The normalized spacial score (nSPS) is 24.8. The van der Waals surface area contributed by atoms with Crippen LogP contribution in [0.3, 0.4) is 0 Å². The molecule has 0 spiro atoms. The number of aromatic hydroxyl groups is 1. The number of phenolic OH excluding ortho intramolecular Hbond substituents is 1. The Hall–Kier alpha value is -1.02. The highest BCUT2D eigenvalue weighted by Gasteiger charge is 2.33. The summed E-state index contributed by atoms with van der Waals surface area (Å²) in [4.78, 5) is 2.67. The minimum absolute atomic E-state index is 0.439. The van der Waals surface area contributed by atoms with Crippen LogP contribution >= 0.6 is 0 Å². The van der Waals surface area contributed by atoms with Crippen molar-refractivity contribution in [1.29, 1.82) is 0 Å². The van der Waals surface area contributed by atoms with E-state index in [2.05, 4.69) is 31.7 Å². The minimum Gasteiger partial charge on any atom is -0.508 e. The third kappa shape index (κ3) is 2.96. The van der Waals surface area contributed by atoms with Crippen LogP contribution in [0.1, 0.15) is 63.6 Å². The number of fused-ring (bicyclic) bond motifs is 1. The van der Waals surface area contributed by atoms with E-state index in [1.54, 1.807) is 0 Å². The van der Waals surface area contributed by atoms with Crippen molar-refractivity contribution in [2.45, 2.75) is 58.9 Å². The Morgan fingerprint density at radius 1 is 1.10 bits per heavy atom. The van der Waals surface area contributed by atoms with E-state index in [0.717, 1.165) is 12.3 Å². The summed E-state index contributed by atoms with van der Waals surface area (Å²) in [5, 5.41) is 10.1. The Balaban J connectivity index is 1.74. The Kier molecular flexibility index (Phi) is 4.00. The maximum atomic E-state index is 10.1. The zero-order valence-electron chi connectivity index (χ0n) is 13.7. The lowest BCUT2D eigenvalue weighted by atomic mass is 9.74. The Morgan fingerprint density at radius 3 is 2.48 bits per heavy atom. The molecule has 1 atom stereocenters. The van der Waals surface area contributed by atoms with Crippen molar-refractivity contribution >= 4 is 0 Å². The first-order chi connectivity index (χ1) is 9.97. The van der Waals surface area contributed by atoms with Gasteiger partial charge in [0.25, 0.3) is 0 Å². The van der Waals surface area contributed by atoms with Gasteiger partial charge in [-0.05, 0) is 73.7 Å². The molecular weight excluding hydrogens is 258 g/mol. The average Bonchev–Trinajstić information content (AvgIpc) is 2.46. The first-order valence-electron chi connectivity index (χ1n) is 8.51. The summed E-state index contributed by atoms with van der Waals surface area (Å²) in [6, 6.07) is 6.61. The summed E-state index contributed by atoms with van der Waals surface area (Å²) in [5.74, 6) is 1.35. The molecule has 1 aliphatic heterocycles. The van der Waals surface area contributed by atoms with Crippen LogP contribution in [-0.2, 0) is 6.42 Å². The molecule has 2 nitrogen and oxygen atoms in total. The molecule has 21 heavy (non-hydrogen) atoms. The Labute approximate surface area is 129 Å². The van der Waals surface area contributed by atoms with Crippen molar-refractivity contribution in [3.8, 4) is 5.75 Å². The monoisotopic (exact) mass is 287 g/mol. The van der Waals surface area contributed by atoms with E-state index in [-0.39, 0.29) is 0 Å². The van der Waals surface area contributed by atoms with Gasteiger partial charge in [-0.15, -0.1) is 0 Å². The summed E-state index contributed by atoms with van der Waals surface area (Å²) in [6.45, 7) is 9.55. The Bertz CT molecular complexity index is 495. The maximum absolute atomic E-state index is 10.1. The number of phenols is 1. The van der Waals surface area contributed by atoms with Gasteiger partial charge >= 0.3 is 0 Å². The van der Waals surface area contributed by atoms with Gasteiger partial charge in [-0.3, -0.25) is 4.90 Å². The molecule has 0 aromatic heterocycles. The van der Waals surface area contributed by atoms with Gasteiger partial charge in [0.15, 0.2) is 0 Å². The SMILES string of the molecule is CC(C)(C)C1CCN(C2CCCc3c(O)cccc32)CC1. The van der Waals surface area contributed by atoms with Gasteiger partial charge in [-0.2, -0.15) is 0 Å². The number of benzene rings is 1. The van der Waals surface area contributed by atoms with E-state index in [1.807, 2.05) is 12.1 Å². The summed E-state index contributed by atoms with van der Waals surface area (Å²) < 4.78 is 0. The summed E-state index contributed by atoms with van der Waals surface area (Å²) in [6.07, 6.45) is 6.12. The molecule has 1 aliphatic carbocycles. The summed E-state index contributed by atoms with van der Waals surface area (Å²) in [7, 11) is 0. The number of likely N-dealkylation sites (tertiary alicyclic amines) is 1. The lowest BCUT2D eigenvalue weighted by Crippen LogP contribution is -2.41. The quantitative estimate of drug-likeness (QED) is 0.820. The van der Waals surface area contributed by atoms with Gasteiger partial charge in [-0.25, -0.2) is 0 Å². The van der Waals surface area contributed by atoms with Crippen LogP contribution in [-0.4, -0.2) is 23.1 Å². The van der Waals surface area contributed by atoms with Crippen LogP contribution in [0, 0.1) is 11.3 Å². The molecule has 0 amide bonds. The van der Waals surface area contributed by atoms with Crippen molar-refractivity contribution in [3.63, 3.8) is 0 Å². The van der Waals surface area contributed by atoms with E-state index in [0.29, 0.717) is 17.2 Å². The third-order valence-electron chi connectivity index (χ3n) is 5.65. The van der Waals surface area contributed by atoms with Crippen molar-refractivity contribution in [2.75, 3.05) is 13.1 Å². The van der Waals surface area contributed by atoms with Gasteiger partial charge in [0.1, 0.15) is 5.75 Å². The molecule has 3 rings (SSSR count). The first kappa shape index (κ1) is 14.9. The number of nitrogens with zero attached hydrogens (tertiary/aromatic N) is 1. The van der Waals surface area contributed by atoms with Crippen LogP contribution in [0.2, 0.25) is 0 Å². The van der Waals surface area contributed by atoms with E-state index in [4.69, 9.17) is 0 Å². The predicted octanol–water partition coefficient (Wildman–Crippen LogP) is 4.53. The first-order valence-corrected chi connectivity index (χ1v) is 8.51. The summed E-state index contributed by atoms with van der Waals surface area (Å²) >= 11 is 0. The van der Waals surface area contributed by atoms with Crippen molar-refractivity contribution in [1.82, 2.24) is 4.90 Å². The van der Waals surface area contributed by atoms with Gasteiger partial charge in [0.05, 0.1) is 0 Å². The highest BCUT2D eigenvalue weighted by molar-refractivity contribution is 5.42. The second-order valence-corrected chi connectivity index (χ2v) is 7.93. The number of piperidine rings is 1. The maximum Gasteiger partial charge on any atom is 0.119 e. The van der Waals surface area contributed by atoms with Crippen LogP contribution in [0.15, 0.2) is 18.2 Å². The predicted molar refractivity (Wildman–Crippen MR) is 87.5 cm³/mol. The fraction of sp³-hybridized carbons (Fsp3) is 0.684. The average molecular weight is 287 g/mol. The van der Waals surface area contributed by atoms with Gasteiger partial charge in [0.2, 0.25) is 0 Å². The van der Waals surface area contributed by atoms with Crippen molar-refractivity contribution < 1.29 is 5.11 Å². The van der Waals surface area contributed by atoms with Crippen molar-refractivity contribution in [3.05, 3.63) is 29.3 Å². The minimum atomic E-state index is 0.439. The molecule has 0 radical (unpaired) electrons. The lowest BCUT2D eigenvalue weighted by molar-refractivity contribution is 0.0758. The molecule has 0 saturated carbocycles. The highest BCUT2D eigenvalue weighted by atomic mass is 16.3. The fourth-order valence-electron chi connectivity index (χ4n) is 4.26. The molecule has 116 valence electrons. The number of hydrogen-bond donors (Lipinski definition) is 1. The molecule has 1 aromatic carbocycles. The number of hydrogen-bond acceptors (Lipinski definition) is 2. The van der Waals surface area contributed by atoms with E-state index in [9.17, 15) is 5.11 Å². The number of rotatable bonds is 1. The molecule has 2 heteroatoms. The zero-order chi connectivity index (χ0) is 15.0. The zero-order valence-corrected chi connectivity index (χ0v) is 13.7. The standard InChI is InChI=1S/C19H29NO/c1-19(2,3)14-10-12-20(13-11-14)17-8-4-7-16-15(17)6-5-9-18(16)21/h5-6,9,14,17,21H,4,7-8,10-13H2,1-3H3. The molecule has 1 heterocycles. The van der Waals surface area contributed by atoms with E-state index in [1.165, 1.54) is 49.9 Å². The smallest absolute Gasteiger partial charge is 0.119 e. The molecular formula is C19H29NO. The summed E-state index contributed by atoms with van der Waals surface area (Å²) in [5.41, 5.74) is 3.02.